The summed E-state index contributed by atoms with van der Waals surface area (Å²) in [5, 5.41) is 3.03. The molecule has 1 aliphatic carbocycles. The zero-order chi connectivity index (χ0) is 13.5. The number of carbonyl (C=O) groups is 1. The Labute approximate surface area is 114 Å². The van der Waals surface area contributed by atoms with Crippen LogP contribution in [0.5, 0.6) is 0 Å². The third kappa shape index (κ3) is 4.31. The lowest BCUT2D eigenvalue weighted by molar-refractivity contribution is -0.126. The normalized spacial score (nSPS) is 23.0. The Morgan fingerprint density at radius 2 is 2.21 bits per heavy atom. The van der Waals surface area contributed by atoms with Crippen LogP contribution in [0.25, 0.3) is 0 Å². The second kappa shape index (κ2) is 7.24. The molecule has 1 fully saturated rings. The molecular formula is C15H22N2O2. The van der Waals surface area contributed by atoms with E-state index in [2.05, 4.69) is 10.3 Å². The minimum atomic E-state index is 0.167. The number of nitrogens with one attached hydrogen (secondary N) is 1. The topological polar surface area (TPSA) is 51.2 Å². The maximum absolute atomic E-state index is 12.0. The molecule has 0 saturated heterocycles. The van der Waals surface area contributed by atoms with Gasteiger partial charge >= 0.3 is 0 Å². The molecule has 19 heavy (non-hydrogen) atoms. The molecule has 0 bridgehead atoms. The van der Waals surface area contributed by atoms with Crippen LogP contribution >= 0.6 is 0 Å². The van der Waals surface area contributed by atoms with Crippen molar-refractivity contribution in [2.45, 2.75) is 38.2 Å². The van der Waals surface area contributed by atoms with Gasteiger partial charge in [-0.25, -0.2) is 0 Å². The van der Waals surface area contributed by atoms with Gasteiger partial charge in [0.05, 0.1) is 6.10 Å². The maximum Gasteiger partial charge on any atom is 0.223 e. The Morgan fingerprint density at radius 3 is 2.84 bits per heavy atom. The van der Waals surface area contributed by atoms with Crippen LogP contribution in [0.15, 0.2) is 24.5 Å². The van der Waals surface area contributed by atoms with E-state index in [4.69, 9.17) is 4.74 Å². The highest BCUT2D eigenvalue weighted by atomic mass is 16.5. The van der Waals surface area contributed by atoms with Gasteiger partial charge in [0.15, 0.2) is 0 Å². The fourth-order valence-corrected chi connectivity index (χ4v) is 2.58. The number of rotatable bonds is 5. The van der Waals surface area contributed by atoms with Crippen LogP contribution in [0.1, 0.15) is 31.2 Å². The highest BCUT2D eigenvalue weighted by Crippen LogP contribution is 2.25. The summed E-state index contributed by atoms with van der Waals surface area (Å²) in [6.07, 6.45) is 8.67. The molecule has 4 heteroatoms. The maximum atomic E-state index is 12.0. The molecular weight excluding hydrogens is 240 g/mol. The molecule has 1 aromatic heterocycles. The molecule has 0 aliphatic heterocycles. The van der Waals surface area contributed by atoms with Crippen molar-refractivity contribution in [2.75, 3.05) is 13.7 Å². The van der Waals surface area contributed by atoms with E-state index in [0.717, 1.165) is 37.7 Å². The lowest BCUT2D eigenvalue weighted by Crippen LogP contribution is -2.35. The van der Waals surface area contributed by atoms with Gasteiger partial charge in [-0.3, -0.25) is 9.78 Å². The summed E-state index contributed by atoms with van der Waals surface area (Å²) in [5.41, 5.74) is 1.16. The molecule has 1 heterocycles. The van der Waals surface area contributed by atoms with Crippen LogP contribution in [0.4, 0.5) is 0 Å². The van der Waals surface area contributed by atoms with E-state index in [1.54, 1.807) is 13.3 Å². The third-order valence-corrected chi connectivity index (χ3v) is 3.81. The Morgan fingerprint density at radius 1 is 1.42 bits per heavy atom. The monoisotopic (exact) mass is 262 g/mol. The van der Waals surface area contributed by atoms with Crippen molar-refractivity contribution in [2.24, 2.45) is 5.92 Å². The summed E-state index contributed by atoms with van der Waals surface area (Å²) in [7, 11) is 1.75. The molecule has 4 nitrogen and oxygen atoms in total. The van der Waals surface area contributed by atoms with E-state index >= 15 is 0 Å². The quantitative estimate of drug-likeness (QED) is 0.882. The second-order valence-electron chi connectivity index (χ2n) is 5.11. The van der Waals surface area contributed by atoms with Crippen LogP contribution in [-0.4, -0.2) is 30.6 Å². The molecule has 1 aliphatic rings. The van der Waals surface area contributed by atoms with Gasteiger partial charge in [-0.15, -0.1) is 0 Å². The van der Waals surface area contributed by atoms with E-state index in [-0.39, 0.29) is 11.8 Å². The standard InChI is InChI=1S/C15H22N2O2/c1-19-14-6-4-13(5-7-14)15(18)17-10-8-12-3-2-9-16-11-12/h2-3,9,11,13-14H,4-8,10H2,1H3,(H,17,18). The molecule has 0 atom stereocenters. The molecule has 0 spiro atoms. The lowest BCUT2D eigenvalue weighted by atomic mass is 9.87. The van der Waals surface area contributed by atoms with Crippen molar-refractivity contribution >= 4 is 5.91 Å². The second-order valence-corrected chi connectivity index (χ2v) is 5.11. The minimum Gasteiger partial charge on any atom is -0.381 e. The molecule has 1 amide bonds. The van der Waals surface area contributed by atoms with E-state index in [1.165, 1.54) is 0 Å². The van der Waals surface area contributed by atoms with E-state index in [1.807, 2.05) is 18.3 Å². The number of pyridine rings is 1. The van der Waals surface area contributed by atoms with Gasteiger partial charge < -0.3 is 10.1 Å². The number of amides is 1. The van der Waals surface area contributed by atoms with Crippen LogP contribution in [-0.2, 0) is 16.0 Å². The minimum absolute atomic E-state index is 0.167. The predicted molar refractivity (Wildman–Crippen MR) is 73.7 cm³/mol. The highest BCUT2D eigenvalue weighted by molar-refractivity contribution is 5.78. The zero-order valence-electron chi connectivity index (χ0n) is 11.5. The molecule has 2 rings (SSSR count). The first-order valence-electron chi connectivity index (χ1n) is 6.99. The number of hydrogen-bond donors (Lipinski definition) is 1. The molecule has 1 N–H and O–H groups in total. The average Bonchev–Trinajstić information content (AvgIpc) is 2.48. The van der Waals surface area contributed by atoms with Crippen molar-refractivity contribution in [1.29, 1.82) is 0 Å². The van der Waals surface area contributed by atoms with Crippen LogP contribution < -0.4 is 5.32 Å². The van der Waals surface area contributed by atoms with Crippen molar-refractivity contribution in [1.82, 2.24) is 10.3 Å². The number of carbonyl (C=O) groups excluding carboxylic acids is 1. The summed E-state index contributed by atoms with van der Waals surface area (Å²) in [4.78, 5) is 16.1. The van der Waals surface area contributed by atoms with Crippen LogP contribution in [0.2, 0.25) is 0 Å². The van der Waals surface area contributed by atoms with Crippen molar-refractivity contribution < 1.29 is 9.53 Å². The van der Waals surface area contributed by atoms with Gasteiger partial charge in [0.2, 0.25) is 5.91 Å². The summed E-state index contributed by atoms with van der Waals surface area (Å²) >= 11 is 0. The fourth-order valence-electron chi connectivity index (χ4n) is 2.58. The molecule has 104 valence electrons. The van der Waals surface area contributed by atoms with Gasteiger partial charge in [-0.05, 0) is 43.7 Å². The molecule has 1 saturated carbocycles. The summed E-state index contributed by atoms with van der Waals surface area (Å²) in [5.74, 6) is 0.360. The first-order valence-corrected chi connectivity index (χ1v) is 6.99. The Balaban J connectivity index is 1.67. The van der Waals surface area contributed by atoms with Gasteiger partial charge in [0, 0.05) is 32.0 Å². The molecule has 0 radical (unpaired) electrons. The zero-order valence-corrected chi connectivity index (χ0v) is 11.5. The lowest BCUT2D eigenvalue weighted by Gasteiger charge is -2.26. The number of aromatic nitrogens is 1. The van der Waals surface area contributed by atoms with Crippen molar-refractivity contribution in [3.8, 4) is 0 Å². The van der Waals surface area contributed by atoms with Crippen LogP contribution in [0, 0.1) is 5.92 Å². The largest absolute Gasteiger partial charge is 0.381 e. The number of ether oxygens (including phenoxy) is 1. The first kappa shape index (κ1) is 14.0. The molecule has 0 unspecified atom stereocenters. The highest BCUT2D eigenvalue weighted by Gasteiger charge is 2.25. The van der Waals surface area contributed by atoms with Gasteiger partial charge in [0.1, 0.15) is 0 Å². The smallest absolute Gasteiger partial charge is 0.223 e. The summed E-state index contributed by atoms with van der Waals surface area (Å²) < 4.78 is 5.32. The van der Waals surface area contributed by atoms with Crippen molar-refractivity contribution in [3.05, 3.63) is 30.1 Å². The predicted octanol–water partition coefficient (Wildman–Crippen LogP) is 1.95. The fraction of sp³-hybridized carbons (Fsp3) is 0.600. The Bertz CT molecular complexity index is 386. The molecule has 0 aromatic carbocycles. The Hall–Kier alpha value is -1.42. The van der Waals surface area contributed by atoms with Crippen LogP contribution in [0.3, 0.4) is 0 Å². The van der Waals surface area contributed by atoms with E-state index in [9.17, 15) is 4.79 Å². The summed E-state index contributed by atoms with van der Waals surface area (Å²) in [6.45, 7) is 0.689. The number of methoxy groups -OCH3 is 1. The number of hydrogen-bond acceptors (Lipinski definition) is 3. The van der Waals surface area contributed by atoms with E-state index in [0.29, 0.717) is 12.6 Å². The average molecular weight is 262 g/mol. The van der Waals surface area contributed by atoms with Gasteiger partial charge in [-0.2, -0.15) is 0 Å². The molecule has 1 aromatic rings. The first-order chi connectivity index (χ1) is 9.29. The van der Waals surface area contributed by atoms with Crippen molar-refractivity contribution in [3.63, 3.8) is 0 Å². The SMILES string of the molecule is COC1CCC(C(=O)NCCc2cccnc2)CC1. The van der Waals surface area contributed by atoms with Gasteiger partial charge in [-0.1, -0.05) is 6.07 Å². The van der Waals surface area contributed by atoms with E-state index < -0.39 is 0 Å². The summed E-state index contributed by atoms with van der Waals surface area (Å²) in [6, 6.07) is 3.95. The number of nitrogens with zero attached hydrogens (tertiary/aromatic N) is 1. The third-order valence-electron chi connectivity index (χ3n) is 3.81. The Kier molecular flexibility index (Phi) is 5.33. The van der Waals surface area contributed by atoms with Gasteiger partial charge in [0.25, 0.3) is 0 Å².